The Morgan fingerprint density at radius 1 is 1.13 bits per heavy atom. The summed E-state index contributed by atoms with van der Waals surface area (Å²) in [6.07, 6.45) is 0. The fraction of sp³-hybridized carbons (Fsp3) is 0.273. The SMILES string of the molecule is CCn1c(S[C@H](C)C(=O)Nc2ccc(C(C)=O)cc2)nnc1-c1ccccc1OC. The lowest BCUT2D eigenvalue weighted by Gasteiger charge is -2.13. The molecule has 0 unspecified atom stereocenters. The Morgan fingerprint density at radius 2 is 1.83 bits per heavy atom. The number of hydrogen-bond donors (Lipinski definition) is 1. The first-order chi connectivity index (χ1) is 14.4. The average Bonchev–Trinajstić information content (AvgIpc) is 3.16. The number of hydrogen-bond acceptors (Lipinski definition) is 6. The van der Waals surface area contributed by atoms with E-state index >= 15 is 0 Å². The minimum atomic E-state index is -0.391. The molecule has 0 saturated heterocycles. The van der Waals surface area contributed by atoms with Crippen LogP contribution in [-0.4, -0.2) is 38.8 Å². The zero-order valence-electron chi connectivity index (χ0n) is 17.4. The highest BCUT2D eigenvalue weighted by Crippen LogP contribution is 2.32. The molecule has 0 bridgehead atoms. The molecule has 0 saturated carbocycles. The summed E-state index contributed by atoms with van der Waals surface area (Å²) < 4.78 is 7.41. The Hall–Kier alpha value is -3.13. The first-order valence-corrected chi connectivity index (χ1v) is 10.5. The van der Waals surface area contributed by atoms with Gasteiger partial charge >= 0.3 is 0 Å². The third-order valence-electron chi connectivity index (χ3n) is 4.59. The molecule has 8 heteroatoms. The molecule has 0 aliphatic carbocycles. The first kappa shape index (κ1) is 21.6. The molecule has 156 valence electrons. The van der Waals surface area contributed by atoms with Crippen LogP contribution in [0, 0.1) is 0 Å². The van der Waals surface area contributed by atoms with Gasteiger partial charge in [0, 0.05) is 17.8 Å². The van der Waals surface area contributed by atoms with Crippen molar-refractivity contribution in [3.8, 4) is 17.1 Å². The van der Waals surface area contributed by atoms with Crippen molar-refractivity contribution in [1.82, 2.24) is 14.8 Å². The van der Waals surface area contributed by atoms with E-state index in [4.69, 9.17) is 4.74 Å². The zero-order chi connectivity index (χ0) is 21.7. The fourth-order valence-electron chi connectivity index (χ4n) is 2.93. The Labute approximate surface area is 179 Å². The number of nitrogens with one attached hydrogen (secondary N) is 1. The maximum absolute atomic E-state index is 12.6. The van der Waals surface area contributed by atoms with Gasteiger partial charge in [0.1, 0.15) is 5.75 Å². The summed E-state index contributed by atoms with van der Waals surface area (Å²) in [5.41, 5.74) is 2.10. The number of anilines is 1. The van der Waals surface area contributed by atoms with Gasteiger partial charge in [0.15, 0.2) is 16.8 Å². The number of ether oxygens (including phenoxy) is 1. The summed E-state index contributed by atoms with van der Waals surface area (Å²) in [6.45, 7) is 5.99. The van der Waals surface area contributed by atoms with Crippen molar-refractivity contribution < 1.29 is 14.3 Å². The summed E-state index contributed by atoms with van der Waals surface area (Å²) >= 11 is 1.34. The number of para-hydroxylation sites is 1. The van der Waals surface area contributed by atoms with Crippen LogP contribution in [0.3, 0.4) is 0 Å². The van der Waals surface area contributed by atoms with E-state index < -0.39 is 5.25 Å². The predicted molar refractivity (Wildman–Crippen MR) is 118 cm³/mol. The minimum Gasteiger partial charge on any atom is -0.496 e. The molecule has 0 spiro atoms. The van der Waals surface area contributed by atoms with Gasteiger partial charge in [-0.05, 0) is 57.2 Å². The van der Waals surface area contributed by atoms with Gasteiger partial charge in [-0.2, -0.15) is 0 Å². The smallest absolute Gasteiger partial charge is 0.237 e. The molecule has 0 aliphatic rings. The molecule has 0 aliphatic heterocycles. The van der Waals surface area contributed by atoms with Gasteiger partial charge in [-0.3, -0.25) is 9.59 Å². The van der Waals surface area contributed by atoms with Crippen molar-refractivity contribution in [1.29, 1.82) is 0 Å². The van der Waals surface area contributed by atoms with Crippen LogP contribution in [-0.2, 0) is 11.3 Å². The molecule has 1 N–H and O–H groups in total. The van der Waals surface area contributed by atoms with E-state index in [0.29, 0.717) is 28.8 Å². The lowest BCUT2D eigenvalue weighted by atomic mass is 10.1. The van der Waals surface area contributed by atoms with Gasteiger partial charge in [-0.25, -0.2) is 0 Å². The first-order valence-electron chi connectivity index (χ1n) is 9.59. The van der Waals surface area contributed by atoms with Crippen molar-refractivity contribution in [3.05, 3.63) is 54.1 Å². The van der Waals surface area contributed by atoms with E-state index in [1.165, 1.54) is 18.7 Å². The largest absolute Gasteiger partial charge is 0.496 e. The molecule has 30 heavy (non-hydrogen) atoms. The van der Waals surface area contributed by atoms with E-state index in [9.17, 15) is 9.59 Å². The van der Waals surface area contributed by atoms with Gasteiger partial charge in [-0.15, -0.1) is 10.2 Å². The van der Waals surface area contributed by atoms with E-state index in [1.807, 2.05) is 42.7 Å². The molecular formula is C22H24N4O3S. The topological polar surface area (TPSA) is 86.1 Å². The fourth-order valence-corrected chi connectivity index (χ4v) is 3.85. The second-order valence-electron chi connectivity index (χ2n) is 6.63. The number of methoxy groups -OCH3 is 1. The van der Waals surface area contributed by atoms with Crippen LogP contribution in [0.5, 0.6) is 5.75 Å². The molecule has 1 amide bonds. The second-order valence-corrected chi connectivity index (χ2v) is 7.94. The maximum Gasteiger partial charge on any atom is 0.237 e. The highest BCUT2D eigenvalue weighted by atomic mass is 32.2. The van der Waals surface area contributed by atoms with Crippen molar-refractivity contribution >= 4 is 29.1 Å². The number of rotatable bonds is 8. The van der Waals surface area contributed by atoms with E-state index in [-0.39, 0.29) is 11.7 Å². The molecule has 2 aromatic carbocycles. The number of Topliss-reactive ketones (excluding diaryl/α,β-unsaturated/α-hetero) is 1. The van der Waals surface area contributed by atoms with Crippen LogP contribution in [0.15, 0.2) is 53.7 Å². The number of ketones is 1. The molecule has 0 radical (unpaired) electrons. The molecule has 3 aromatic rings. The van der Waals surface area contributed by atoms with Crippen LogP contribution in [0.25, 0.3) is 11.4 Å². The average molecular weight is 425 g/mol. The number of carbonyl (C=O) groups is 2. The Balaban J connectivity index is 1.75. The molecular weight excluding hydrogens is 400 g/mol. The van der Waals surface area contributed by atoms with Crippen molar-refractivity contribution in [3.63, 3.8) is 0 Å². The summed E-state index contributed by atoms with van der Waals surface area (Å²) in [5.74, 6) is 1.25. The normalized spacial score (nSPS) is 11.7. The van der Waals surface area contributed by atoms with E-state index in [2.05, 4.69) is 15.5 Å². The number of thioether (sulfide) groups is 1. The summed E-state index contributed by atoms with van der Waals surface area (Å²) in [5, 5.41) is 11.8. The monoisotopic (exact) mass is 424 g/mol. The van der Waals surface area contributed by atoms with Crippen LogP contribution >= 0.6 is 11.8 Å². The Bertz CT molecular complexity index is 1050. The van der Waals surface area contributed by atoms with Gasteiger partial charge in [0.25, 0.3) is 0 Å². The molecule has 7 nitrogen and oxygen atoms in total. The minimum absolute atomic E-state index is 0.0125. The Morgan fingerprint density at radius 3 is 2.47 bits per heavy atom. The molecule has 0 fully saturated rings. The van der Waals surface area contributed by atoms with Gasteiger partial charge in [0.2, 0.25) is 5.91 Å². The number of nitrogens with zero attached hydrogens (tertiary/aromatic N) is 3. The third-order valence-corrected chi connectivity index (χ3v) is 5.67. The molecule has 1 aromatic heterocycles. The van der Waals surface area contributed by atoms with Crippen molar-refractivity contribution in [2.75, 3.05) is 12.4 Å². The van der Waals surface area contributed by atoms with E-state index in [0.717, 1.165) is 11.3 Å². The predicted octanol–water partition coefficient (Wildman–Crippen LogP) is 4.30. The van der Waals surface area contributed by atoms with E-state index in [1.54, 1.807) is 31.4 Å². The summed E-state index contributed by atoms with van der Waals surface area (Å²) in [7, 11) is 1.62. The third kappa shape index (κ3) is 4.71. The molecule has 3 rings (SSSR count). The lowest BCUT2D eigenvalue weighted by molar-refractivity contribution is -0.115. The quantitative estimate of drug-likeness (QED) is 0.429. The number of aromatic nitrogens is 3. The van der Waals surface area contributed by atoms with Crippen LogP contribution in [0.1, 0.15) is 31.1 Å². The van der Waals surface area contributed by atoms with Gasteiger partial charge in [-0.1, -0.05) is 23.9 Å². The van der Waals surface area contributed by atoms with Gasteiger partial charge < -0.3 is 14.6 Å². The number of amides is 1. The van der Waals surface area contributed by atoms with Crippen molar-refractivity contribution in [2.45, 2.75) is 37.7 Å². The highest BCUT2D eigenvalue weighted by Gasteiger charge is 2.21. The highest BCUT2D eigenvalue weighted by molar-refractivity contribution is 8.00. The molecule has 1 atom stereocenters. The summed E-state index contributed by atoms with van der Waals surface area (Å²) in [6, 6.07) is 14.5. The van der Waals surface area contributed by atoms with Crippen LogP contribution in [0.4, 0.5) is 5.69 Å². The number of carbonyl (C=O) groups excluding carboxylic acids is 2. The number of benzene rings is 2. The summed E-state index contributed by atoms with van der Waals surface area (Å²) in [4.78, 5) is 24.0. The molecule has 1 heterocycles. The second kappa shape index (κ2) is 9.58. The van der Waals surface area contributed by atoms with Crippen LogP contribution < -0.4 is 10.1 Å². The van der Waals surface area contributed by atoms with Crippen molar-refractivity contribution in [2.24, 2.45) is 0 Å². The Kier molecular flexibility index (Phi) is 6.89. The lowest BCUT2D eigenvalue weighted by Crippen LogP contribution is -2.23. The van der Waals surface area contributed by atoms with Crippen LogP contribution in [0.2, 0.25) is 0 Å². The maximum atomic E-state index is 12.6. The van der Waals surface area contributed by atoms with Gasteiger partial charge in [0.05, 0.1) is 17.9 Å². The standard InChI is InChI=1S/C22H24N4O3S/c1-5-26-20(18-8-6-7-9-19(18)29-4)24-25-22(26)30-15(3)21(28)23-17-12-10-16(11-13-17)14(2)27/h6-13,15H,5H2,1-4H3,(H,23,28)/t15-/m1/s1. The zero-order valence-corrected chi connectivity index (χ0v) is 18.2.